The van der Waals surface area contributed by atoms with Crippen LogP contribution < -0.4 is 0 Å². The number of nitrogens with zero attached hydrogens (tertiary/aromatic N) is 1. The lowest BCUT2D eigenvalue weighted by atomic mass is 10.2. The molecule has 0 spiro atoms. The van der Waals surface area contributed by atoms with Gasteiger partial charge in [-0.2, -0.15) is 0 Å². The van der Waals surface area contributed by atoms with Gasteiger partial charge in [-0.15, -0.1) is 11.8 Å². The molecular formula is C14H18BrNO3S. The van der Waals surface area contributed by atoms with E-state index in [4.69, 9.17) is 5.11 Å². The largest absolute Gasteiger partial charge is 0.480 e. The second kappa shape index (κ2) is 8.32. The Kier molecular flexibility index (Phi) is 7.09. The normalized spacial score (nSPS) is 11.9. The minimum atomic E-state index is -0.981. The first-order valence-electron chi connectivity index (χ1n) is 6.28. The van der Waals surface area contributed by atoms with E-state index < -0.39 is 12.0 Å². The summed E-state index contributed by atoms with van der Waals surface area (Å²) in [6.45, 7) is 1.51. The van der Waals surface area contributed by atoms with Crippen molar-refractivity contribution >= 4 is 39.6 Å². The molecule has 1 unspecified atom stereocenters. The van der Waals surface area contributed by atoms with E-state index in [9.17, 15) is 9.59 Å². The Balaban J connectivity index is 2.28. The van der Waals surface area contributed by atoms with Gasteiger partial charge in [0, 0.05) is 22.8 Å². The van der Waals surface area contributed by atoms with Crippen LogP contribution in [0.5, 0.6) is 0 Å². The number of carbonyl (C=O) groups excluding carboxylic acids is 1. The van der Waals surface area contributed by atoms with Gasteiger partial charge < -0.3 is 10.0 Å². The average molecular weight is 360 g/mol. The van der Waals surface area contributed by atoms with Crippen molar-refractivity contribution in [3.05, 3.63) is 28.7 Å². The Morgan fingerprint density at radius 1 is 1.35 bits per heavy atom. The van der Waals surface area contributed by atoms with Crippen LogP contribution >= 0.6 is 27.7 Å². The number of thioether (sulfide) groups is 1. The SMILES string of the molecule is CC(C(=O)O)N(C)C(=O)CCCSc1ccc(Br)cc1. The van der Waals surface area contributed by atoms with Gasteiger partial charge >= 0.3 is 5.97 Å². The minimum absolute atomic E-state index is 0.128. The number of hydrogen-bond donors (Lipinski definition) is 1. The Labute approximate surface area is 131 Å². The fourth-order valence-electron chi connectivity index (χ4n) is 1.50. The molecule has 0 aliphatic carbocycles. The highest BCUT2D eigenvalue weighted by molar-refractivity contribution is 9.10. The monoisotopic (exact) mass is 359 g/mol. The van der Waals surface area contributed by atoms with E-state index in [0.717, 1.165) is 21.5 Å². The Bertz CT molecular complexity index is 464. The molecule has 0 aromatic heterocycles. The lowest BCUT2D eigenvalue weighted by Gasteiger charge is -2.21. The van der Waals surface area contributed by atoms with Crippen molar-refractivity contribution in [1.29, 1.82) is 0 Å². The van der Waals surface area contributed by atoms with Gasteiger partial charge in [-0.05, 0) is 43.4 Å². The van der Waals surface area contributed by atoms with E-state index in [1.807, 2.05) is 24.3 Å². The molecule has 1 atom stereocenters. The predicted octanol–water partition coefficient (Wildman–Crippen LogP) is 3.25. The first-order valence-corrected chi connectivity index (χ1v) is 8.06. The number of benzene rings is 1. The van der Waals surface area contributed by atoms with Crippen LogP contribution in [0, 0.1) is 0 Å². The Hall–Kier alpha value is -1.01. The van der Waals surface area contributed by atoms with Gasteiger partial charge in [0.15, 0.2) is 0 Å². The summed E-state index contributed by atoms with van der Waals surface area (Å²) < 4.78 is 1.04. The lowest BCUT2D eigenvalue weighted by molar-refractivity contribution is -0.148. The zero-order chi connectivity index (χ0) is 15.1. The van der Waals surface area contributed by atoms with E-state index in [1.54, 1.807) is 11.8 Å². The second-order valence-electron chi connectivity index (χ2n) is 4.42. The maximum absolute atomic E-state index is 11.8. The fourth-order valence-corrected chi connectivity index (χ4v) is 2.62. The third-order valence-electron chi connectivity index (χ3n) is 2.95. The highest BCUT2D eigenvalue weighted by atomic mass is 79.9. The molecule has 1 N–H and O–H groups in total. The first kappa shape index (κ1) is 17.0. The molecule has 0 aliphatic rings. The van der Waals surface area contributed by atoms with Gasteiger partial charge in [-0.3, -0.25) is 4.79 Å². The van der Waals surface area contributed by atoms with Gasteiger partial charge in [0.05, 0.1) is 0 Å². The number of likely N-dealkylation sites (N-methyl/N-ethyl adjacent to an activating group) is 1. The summed E-state index contributed by atoms with van der Waals surface area (Å²) in [5.74, 6) is -0.274. The van der Waals surface area contributed by atoms with Crippen LogP contribution in [0.3, 0.4) is 0 Å². The molecule has 0 heterocycles. The number of carboxylic acids is 1. The van der Waals surface area contributed by atoms with E-state index in [2.05, 4.69) is 15.9 Å². The highest BCUT2D eigenvalue weighted by Gasteiger charge is 2.20. The maximum atomic E-state index is 11.8. The van der Waals surface area contributed by atoms with E-state index in [1.165, 1.54) is 18.9 Å². The molecule has 1 rings (SSSR count). The van der Waals surface area contributed by atoms with Crippen LogP contribution in [-0.2, 0) is 9.59 Å². The molecule has 4 nitrogen and oxygen atoms in total. The Morgan fingerprint density at radius 2 is 1.95 bits per heavy atom. The van der Waals surface area contributed by atoms with Crippen molar-refractivity contribution in [2.45, 2.75) is 30.7 Å². The van der Waals surface area contributed by atoms with Crippen molar-refractivity contribution in [2.75, 3.05) is 12.8 Å². The lowest BCUT2D eigenvalue weighted by Crippen LogP contribution is -2.40. The summed E-state index contributed by atoms with van der Waals surface area (Å²) in [7, 11) is 1.53. The van der Waals surface area contributed by atoms with Crippen molar-refractivity contribution in [3.8, 4) is 0 Å². The minimum Gasteiger partial charge on any atom is -0.480 e. The summed E-state index contributed by atoms with van der Waals surface area (Å²) in [6.07, 6.45) is 1.11. The zero-order valence-electron chi connectivity index (χ0n) is 11.5. The summed E-state index contributed by atoms with van der Waals surface area (Å²) in [5.41, 5.74) is 0. The van der Waals surface area contributed by atoms with Crippen LogP contribution in [0.15, 0.2) is 33.6 Å². The number of hydrogen-bond acceptors (Lipinski definition) is 3. The van der Waals surface area contributed by atoms with Crippen LogP contribution in [0.1, 0.15) is 19.8 Å². The zero-order valence-corrected chi connectivity index (χ0v) is 13.9. The van der Waals surface area contributed by atoms with Crippen LogP contribution in [0.4, 0.5) is 0 Å². The standard InChI is InChI=1S/C14H18BrNO3S/c1-10(14(18)19)16(2)13(17)4-3-9-20-12-7-5-11(15)6-8-12/h5-8,10H,3-4,9H2,1-2H3,(H,18,19). The highest BCUT2D eigenvalue weighted by Crippen LogP contribution is 2.21. The van der Waals surface area contributed by atoms with Gasteiger partial charge in [0.25, 0.3) is 0 Å². The quantitative estimate of drug-likeness (QED) is 0.599. The molecule has 0 bridgehead atoms. The molecule has 0 radical (unpaired) electrons. The molecular weight excluding hydrogens is 342 g/mol. The number of carboxylic acid groups (broad SMARTS) is 1. The maximum Gasteiger partial charge on any atom is 0.326 e. The third-order valence-corrected chi connectivity index (χ3v) is 4.58. The number of halogens is 1. The van der Waals surface area contributed by atoms with Crippen molar-refractivity contribution in [3.63, 3.8) is 0 Å². The van der Waals surface area contributed by atoms with Crippen molar-refractivity contribution < 1.29 is 14.7 Å². The Morgan fingerprint density at radius 3 is 2.50 bits per heavy atom. The first-order chi connectivity index (χ1) is 9.41. The molecule has 0 aliphatic heterocycles. The summed E-state index contributed by atoms with van der Waals surface area (Å²) >= 11 is 5.07. The van der Waals surface area contributed by atoms with Crippen LogP contribution in [0.2, 0.25) is 0 Å². The second-order valence-corrected chi connectivity index (χ2v) is 6.51. The predicted molar refractivity (Wildman–Crippen MR) is 84.0 cm³/mol. The number of amides is 1. The third kappa shape index (κ3) is 5.54. The topological polar surface area (TPSA) is 57.6 Å². The van der Waals surface area contributed by atoms with Gasteiger partial charge in [0.1, 0.15) is 6.04 Å². The van der Waals surface area contributed by atoms with Crippen LogP contribution in [-0.4, -0.2) is 40.7 Å². The van der Waals surface area contributed by atoms with Crippen LogP contribution in [0.25, 0.3) is 0 Å². The molecule has 0 saturated heterocycles. The van der Waals surface area contributed by atoms with Gasteiger partial charge in [-0.25, -0.2) is 4.79 Å². The van der Waals surface area contributed by atoms with Gasteiger partial charge in [0.2, 0.25) is 5.91 Å². The molecule has 1 aromatic rings. The van der Waals surface area contributed by atoms with Crippen molar-refractivity contribution in [2.24, 2.45) is 0 Å². The molecule has 0 fully saturated rings. The van der Waals surface area contributed by atoms with E-state index in [-0.39, 0.29) is 5.91 Å². The van der Waals surface area contributed by atoms with Crippen molar-refractivity contribution in [1.82, 2.24) is 4.90 Å². The number of aliphatic carboxylic acids is 1. The summed E-state index contributed by atoms with van der Waals surface area (Å²) in [5, 5.41) is 8.84. The molecule has 0 saturated carbocycles. The molecule has 6 heteroatoms. The molecule has 1 amide bonds. The summed E-state index contributed by atoms with van der Waals surface area (Å²) in [4.78, 5) is 25.0. The van der Waals surface area contributed by atoms with E-state index in [0.29, 0.717) is 6.42 Å². The molecule has 110 valence electrons. The molecule has 20 heavy (non-hydrogen) atoms. The smallest absolute Gasteiger partial charge is 0.326 e. The van der Waals surface area contributed by atoms with Gasteiger partial charge in [-0.1, -0.05) is 15.9 Å². The summed E-state index contributed by atoms with van der Waals surface area (Å²) in [6, 6.07) is 7.23. The van der Waals surface area contributed by atoms with E-state index >= 15 is 0 Å². The average Bonchev–Trinajstić information content (AvgIpc) is 2.43. The molecule has 1 aromatic carbocycles. The fraction of sp³-hybridized carbons (Fsp3) is 0.429. The number of carbonyl (C=O) groups is 2. The number of rotatable bonds is 7.